The van der Waals surface area contributed by atoms with Crippen LogP contribution >= 0.6 is 0 Å². The van der Waals surface area contributed by atoms with Gasteiger partial charge in [0.15, 0.2) is 0 Å². The van der Waals surface area contributed by atoms with Crippen LogP contribution in [0.2, 0.25) is 0 Å². The number of carbonyl (C=O) groups is 1. The molecule has 0 radical (unpaired) electrons. The molecule has 0 aromatic heterocycles. The molecule has 0 N–H and O–H groups in total. The highest BCUT2D eigenvalue weighted by Crippen LogP contribution is 2.31. The van der Waals surface area contributed by atoms with Gasteiger partial charge < -0.3 is 4.90 Å². The molecule has 1 aliphatic heterocycles. The maximum Gasteiger partial charge on any atom is 0.416 e. The minimum Gasteiger partial charge on any atom is -0.336 e. The van der Waals surface area contributed by atoms with Gasteiger partial charge in [-0.15, -0.1) is 0 Å². The minimum atomic E-state index is -4.52. The van der Waals surface area contributed by atoms with Crippen LogP contribution in [-0.2, 0) is 34.0 Å². The van der Waals surface area contributed by atoms with E-state index in [0.29, 0.717) is 19.5 Å². The first-order chi connectivity index (χ1) is 13.1. The summed E-state index contributed by atoms with van der Waals surface area (Å²) in [6.45, 7) is 0.368. The first-order valence-corrected chi connectivity index (χ1v) is 10.4. The number of amides is 1. The summed E-state index contributed by atoms with van der Waals surface area (Å²) < 4.78 is 63.4. The van der Waals surface area contributed by atoms with Crippen molar-refractivity contribution in [2.45, 2.75) is 19.1 Å². The third kappa shape index (κ3) is 4.46. The van der Waals surface area contributed by atoms with Gasteiger partial charge in [-0.05, 0) is 41.8 Å². The molecule has 2 aromatic rings. The van der Waals surface area contributed by atoms with E-state index in [0.717, 1.165) is 46.0 Å². The van der Waals surface area contributed by atoms with E-state index in [1.165, 1.54) is 0 Å². The Morgan fingerprint density at radius 2 is 1.68 bits per heavy atom. The standard InChI is InChI=1S/C19H19F3N2O3S/c1-28(26,27)24(17-8-6-16(7-9-17)19(20,21)22)13-18(25)23-11-10-14-4-2-3-5-15(14)12-23/h2-9H,10-13H2,1H3. The largest absolute Gasteiger partial charge is 0.416 e. The molecule has 0 spiro atoms. The summed E-state index contributed by atoms with van der Waals surface area (Å²) in [5, 5.41) is 0. The van der Waals surface area contributed by atoms with Gasteiger partial charge in [0.1, 0.15) is 6.54 Å². The fourth-order valence-electron chi connectivity index (χ4n) is 3.15. The predicted molar refractivity (Wildman–Crippen MR) is 99.2 cm³/mol. The van der Waals surface area contributed by atoms with Crippen molar-refractivity contribution in [3.8, 4) is 0 Å². The Balaban J connectivity index is 1.79. The van der Waals surface area contributed by atoms with Crippen LogP contribution in [0.25, 0.3) is 0 Å². The summed E-state index contributed by atoms with van der Waals surface area (Å²) in [5.41, 5.74) is 1.28. The van der Waals surface area contributed by atoms with Gasteiger partial charge in [0.05, 0.1) is 17.5 Å². The number of halogens is 3. The highest BCUT2D eigenvalue weighted by atomic mass is 32.2. The lowest BCUT2D eigenvalue weighted by Crippen LogP contribution is -2.44. The van der Waals surface area contributed by atoms with Crippen molar-refractivity contribution in [1.29, 1.82) is 0 Å². The summed E-state index contributed by atoms with van der Waals surface area (Å²) in [7, 11) is -3.86. The minimum absolute atomic E-state index is 0.0151. The molecular formula is C19H19F3N2O3S. The number of carbonyl (C=O) groups excluding carboxylic acids is 1. The average Bonchev–Trinajstić information content (AvgIpc) is 2.64. The molecule has 0 atom stereocenters. The lowest BCUT2D eigenvalue weighted by atomic mass is 10.00. The van der Waals surface area contributed by atoms with E-state index in [1.54, 1.807) is 4.90 Å². The topological polar surface area (TPSA) is 57.7 Å². The normalized spacial score (nSPS) is 14.5. The van der Waals surface area contributed by atoms with Crippen molar-refractivity contribution in [3.05, 3.63) is 65.2 Å². The number of sulfonamides is 1. The van der Waals surface area contributed by atoms with Crippen molar-refractivity contribution >= 4 is 21.6 Å². The number of anilines is 1. The maximum absolute atomic E-state index is 12.7. The van der Waals surface area contributed by atoms with Crippen molar-refractivity contribution in [3.63, 3.8) is 0 Å². The summed E-state index contributed by atoms with van der Waals surface area (Å²) >= 11 is 0. The SMILES string of the molecule is CS(=O)(=O)N(CC(=O)N1CCc2ccccc2C1)c1ccc(C(F)(F)F)cc1. The number of hydrogen-bond acceptors (Lipinski definition) is 3. The Labute approximate surface area is 161 Å². The molecule has 5 nitrogen and oxygen atoms in total. The van der Waals surface area contributed by atoms with Crippen molar-refractivity contribution in [2.24, 2.45) is 0 Å². The van der Waals surface area contributed by atoms with Gasteiger partial charge in [0.2, 0.25) is 15.9 Å². The Hall–Kier alpha value is -2.55. The fraction of sp³-hybridized carbons (Fsp3) is 0.316. The van der Waals surface area contributed by atoms with Crippen LogP contribution in [0.15, 0.2) is 48.5 Å². The lowest BCUT2D eigenvalue weighted by molar-refractivity contribution is -0.137. The summed E-state index contributed by atoms with van der Waals surface area (Å²) in [4.78, 5) is 14.3. The molecule has 1 amide bonds. The van der Waals surface area contributed by atoms with Crippen LogP contribution in [0, 0.1) is 0 Å². The monoisotopic (exact) mass is 412 g/mol. The molecule has 0 saturated heterocycles. The summed E-state index contributed by atoms with van der Waals surface area (Å²) in [5.74, 6) is -0.403. The number of fused-ring (bicyclic) bond motifs is 1. The highest BCUT2D eigenvalue weighted by Gasteiger charge is 2.31. The average molecular weight is 412 g/mol. The zero-order chi connectivity index (χ0) is 20.5. The second kappa shape index (κ2) is 7.46. The zero-order valence-electron chi connectivity index (χ0n) is 15.1. The predicted octanol–water partition coefficient (Wildman–Crippen LogP) is 3.06. The lowest BCUT2D eigenvalue weighted by Gasteiger charge is -2.31. The molecule has 9 heteroatoms. The molecule has 150 valence electrons. The first-order valence-electron chi connectivity index (χ1n) is 8.55. The molecule has 1 heterocycles. The van der Waals surface area contributed by atoms with Crippen molar-refractivity contribution in [2.75, 3.05) is 23.7 Å². The van der Waals surface area contributed by atoms with Crippen LogP contribution in [0.4, 0.5) is 18.9 Å². The molecule has 0 unspecified atom stereocenters. The van der Waals surface area contributed by atoms with Crippen LogP contribution < -0.4 is 4.31 Å². The van der Waals surface area contributed by atoms with Gasteiger partial charge >= 0.3 is 6.18 Å². The van der Waals surface area contributed by atoms with E-state index >= 15 is 0 Å². The van der Waals surface area contributed by atoms with Crippen LogP contribution in [-0.4, -0.2) is 38.6 Å². The first kappa shape index (κ1) is 20.2. The molecular weight excluding hydrogens is 393 g/mol. The van der Waals surface area contributed by atoms with Gasteiger partial charge in [-0.25, -0.2) is 8.42 Å². The molecule has 0 fully saturated rings. The third-order valence-electron chi connectivity index (χ3n) is 4.65. The smallest absolute Gasteiger partial charge is 0.336 e. The van der Waals surface area contributed by atoms with E-state index < -0.39 is 34.2 Å². The fourth-order valence-corrected chi connectivity index (χ4v) is 4.00. The highest BCUT2D eigenvalue weighted by molar-refractivity contribution is 7.92. The Morgan fingerprint density at radius 3 is 2.25 bits per heavy atom. The molecule has 1 aliphatic rings. The number of benzene rings is 2. The Morgan fingerprint density at radius 1 is 1.07 bits per heavy atom. The van der Waals surface area contributed by atoms with E-state index in [2.05, 4.69) is 0 Å². The summed E-state index contributed by atoms with van der Waals surface area (Å²) in [6, 6.07) is 11.4. The second-order valence-corrected chi connectivity index (χ2v) is 8.56. The third-order valence-corrected chi connectivity index (χ3v) is 5.79. The van der Waals surface area contributed by atoms with E-state index in [9.17, 15) is 26.4 Å². The number of rotatable bonds is 4. The summed E-state index contributed by atoms with van der Waals surface area (Å²) in [6.07, 6.45) is -2.93. The molecule has 2 aromatic carbocycles. The van der Waals surface area contributed by atoms with Crippen LogP contribution in [0.3, 0.4) is 0 Å². The van der Waals surface area contributed by atoms with Gasteiger partial charge in [0, 0.05) is 13.1 Å². The van der Waals surface area contributed by atoms with E-state index in [-0.39, 0.29) is 5.69 Å². The van der Waals surface area contributed by atoms with Crippen LogP contribution in [0.1, 0.15) is 16.7 Å². The maximum atomic E-state index is 12.7. The van der Waals surface area contributed by atoms with Crippen LogP contribution in [0.5, 0.6) is 0 Å². The molecule has 3 rings (SSSR count). The van der Waals surface area contributed by atoms with Crippen molar-refractivity contribution in [1.82, 2.24) is 4.90 Å². The molecule has 0 bridgehead atoms. The molecule has 28 heavy (non-hydrogen) atoms. The van der Waals surface area contributed by atoms with E-state index in [1.807, 2.05) is 24.3 Å². The van der Waals surface area contributed by atoms with Gasteiger partial charge in [-0.1, -0.05) is 24.3 Å². The second-order valence-electron chi connectivity index (χ2n) is 6.65. The quantitative estimate of drug-likeness (QED) is 0.776. The number of nitrogens with zero attached hydrogens (tertiary/aromatic N) is 2. The molecule has 0 aliphatic carbocycles. The molecule has 0 saturated carbocycles. The van der Waals surface area contributed by atoms with Gasteiger partial charge in [-0.3, -0.25) is 9.10 Å². The Bertz CT molecular complexity index is 973. The van der Waals surface area contributed by atoms with Gasteiger partial charge in [0.25, 0.3) is 0 Å². The zero-order valence-corrected chi connectivity index (χ0v) is 15.9. The van der Waals surface area contributed by atoms with Gasteiger partial charge in [-0.2, -0.15) is 13.2 Å². The van der Waals surface area contributed by atoms with Crippen molar-refractivity contribution < 1.29 is 26.4 Å². The number of hydrogen-bond donors (Lipinski definition) is 0. The Kier molecular flexibility index (Phi) is 5.38. The number of alkyl halides is 3. The van der Waals surface area contributed by atoms with E-state index in [4.69, 9.17) is 0 Å².